The third kappa shape index (κ3) is 4.97. The first kappa shape index (κ1) is 19.2. The highest BCUT2D eigenvalue weighted by molar-refractivity contribution is 6.04. The summed E-state index contributed by atoms with van der Waals surface area (Å²) in [6.45, 7) is 0.703. The number of methoxy groups -OCH3 is 2. The number of amides is 1. The molecule has 0 bridgehead atoms. The number of carbonyl (C=O) groups excluding carboxylic acids is 1. The number of hydrogen-bond donors (Lipinski definition) is 2. The fraction of sp³-hybridized carbons (Fsp3) is 0.190. The number of ether oxygens (including phenoxy) is 2. The lowest BCUT2D eigenvalue weighted by Crippen LogP contribution is -2.15. The molecule has 0 unspecified atom stereocenters. The number of anilines is 2. The van der Waals surface area contributed by atoms with E-state index < -0.39 is 0 Å². The van der Waals surface area contributed by atoms with Crippen LogP contribution in [0.4, 0.5) is 11.5 Å². The van der Waals surface area contributed by atoms with E-state index in [-0.39, 0.29) is 11.6 Å². The molecular weight excluding hydrogens is 356 g/mol. The van der Waals surface area contributed by atoms with Gasteiger partial charge in [0.25, 0.3) is 5.91 Å². The van der Waals surface area contributed by atoms with Gasteiger partial charge in [0.05, 0.1) is 19.9 Å². The normalized spacial score (nSPS) is 10.2. The Morgan fingerprint density at radius 2 is 1.82 bits per heavy atom. The minimum Gasteiger partial charge on any atom is -0.497 e. The van der Waals surface area contributed by atoms with Gasteiger partial charge in [0, 0.05) is 18.7 Å². The number of aromatic nitrogens is 2. The van der Waals surface area contributed by atoms with Crippen LogP contribution in [0.15, 0.2) is 60.9 Å². The van der Waals surface area contributed by atoms with E-state index in [9.17, 15) is 4.79 Å². The zero-order valence-corrected chi connectivity index (χ0v) is 15.8. The molecule has 1 aromatic heterocycles. The fourth-order valence-electron chi connectivity index (χ4n) is 2.65. The molecule has 0 radical (unpaired) electrons. The molecule has 144 valence electrons. The Bertz CT molecular complexity index is 932. The predicted molar refractivity (Wildman–Crippen MR) is 108 cm³/mol. The molecule has 1 amide bonds. The molecular formula is C21H22N4O3. The molecule has 7 nitrogen and oxygen atoms in total. The van der Waals surface area contributed by atoms with Crippen LogP contribution in [-0.2, 0) is 6.42 Å². The third-order valence-electron chi connectivity index (χ3n) is 4.12. The highest BCUT2D eigenvalue weighted by Crippen LogP contribution is 2.29. The van der Waals surface area contributed by atoms with Crippen molar-refractivity contribution in [3.63, 3.8) is 0 Å². The number of nitrogens with one attached hydrogen (secondary N) is 2. The molecule has 0 spiro atoms. The van der Waals surface area contributed by atoms with Gasteiger partial charge in [-0.3, -0.25) is 4.79 Å². The first-order valence-corrected chi connectivity index (χ1v) is 8.83. The summed E-state index contributed by atoms with van der Waals surface area (Å²) in [7, 11) is 3.10. The molecule has 1 heterocycles. The number of hydrogen-bond acceptors (Lipinski definition) is 6. The van der Waals surface area contributed by atoms with Crippen LogP contribution in [0.2, 0.25) is 0 Å². The van der Waals surface area contributed by atoms with E-state index in [0.29, 0.717) is 29.5 Å². The monoisotopic (exact) mass is 378 g/mol. The quantitative estimate of drug-likeness (QED) is 0.625. The SMILES string of the molecule is COc1ccc(NC(=O)c2cc(NCCc3ccccc3)ncn2)c(OC)c1. The molecule has 0 aliphatic heterocycles. The molecule has 0 fully saturated rings. The number of rotatable bonds is 8. The van der Waals surface area contributed by atoms with E-state index in [1.807, 2.05) is 18.2 Å². The summed E-state index contributed by atoms with van der Waals surface area (Å²) < 4.78 is 10.5. The summed E-state index contributed by atoms with van der Waals surface area (Å²) in [5.41, 5.74) is 2.02. The van der Waals surface area contributed by atoms with E-state index in [1.165, 1.54) is 19.0 Å². The summed E-state index contributed by atoms with van der Waals surface area (Å²) >= 11 is 0. The second kappa shape index (κ2) is 9.36. The maximum atomic E-state index is 12.6. The second-order valence-corrected chi connectivity index (χ2v) is 5.97. The molecule has 0 saturated carbocycles. The molecule has 0 atom stereocenters. The van der Waals surface area contributed by atoms with Gasteiger partial charge in [0.2, 0.25) is 0 Å². The molecule has 3 aromatic rings. The maximum Gasteiger partial charge on any atom is 0.274 e. The van der Waals surface area contributed by atoms with E-state index >= 15 is 0 Å². The number of benzene rings is 2. The minimum atomic E-state index is -0.350. The lowest BCUT2D eigenvalue weighted by Gasteiger charge is -2.12. The summed E-state index contributed by atoms with van der Waals surface area (Å²) in [4.78, 5) is 20.8. The fourth-order valence-corrected chi connectivity index (χ4v) is 2.65. The average Bonchev–Trinajstić information content (AvgIpc) is 2.75. The van der Waals surface area contributed by atoms with Crippen molar-refractivity contribution >= 4 is 17.4 Å². The van der Waals surface area contributed by atoms with Gasteiger partial charge in [0.15, 0.2) is 0 Å². The average molecular weight is 378 g/mol. The summed E-state index contributed by atoms with van der Waals surface area (Å²) in [5, 5.41) is 6.02. The first-order chi connectivity index (χ1) is 13.7. The molecule has 0 saturated heterocycles. The van der Waals surface area contributed by atoms with Gasteiger partial charge < -0.3 is 20.1 Å². The lowest BCUT2D eigenvalue weighted by molar-refractivity contribution is 0.102. The van der Waals surface area contributed by atoms with Gasteiger partial charge in [0.1, 0.15) is 29.3 Å². The standard InChI is InChI=1S/C21H22N4O3/c1-27-16-8-9-17(19(12-16)28-2)25-21(26)18-13-20(24-14-23-18)22-11-10-15-6-4-3-5-7-15/h3-9,12-14H,10-11H2,1-2H3,(H,25,26)(H,22,23,24). The van der Waals surface area contributed by atoms with Crippen LogP contribution in [0, 0.1) is 0 Å². The number of nitrogens with zero attached hydrogens (tertiary/aromatic N) is 2. The highest BCUT2D eigenvalue weighted by atomic mass is 16.5. The van der Waals surface area contributed by atoms with Crippen molar-refractivity contribution < 1.29 is 14.3 Å². The lowest BCUT2D eigenvalue weighted by atomic mass is 10.1. The van der Waals surface area contributed by atoms with Crippen molar-refractivity contribution in [2.75, 3.05) is 31.4 Å². The van der Waals surface area contributed by atoms with Crippen molar-refractivity contribution in [1.82, 2.24) is 9.97 Å². The molecule has 0 aliphatic rings. The first-order valence-electron chi connectivity index (χ1n) is 8.83. The smallest absolute Gasteiger partial charge is 0.274 e. The Morgan fingerprint density at radius 3 is 2.57 bits per heavy atom. The Kier molecular flexibility index (Phi) is 6.41. The number of carbonyl (C=O) groups is 1. The molecule has 2 N–H and O–H groups in total. The molecule has 3 rings (SSSR count). The van der Waals surface area contributed by atoms with Crippen molar-refractivity contribution in [3.05, 3.63) is 72.2 Å². The van der Waals surface area contributed by atoms with Crippen LogP contribution < -0.4 is 20.1 Å². The molecule has 28 heavy (non-hydrogen) atoms. The van der Waals surface area contributed by atoms with E-state index in [2.05, 4.69) is 32.7 Å². The van der Waals surface area contributed by atoms with Gasteiger partial charge in [-0.05, 0) is 24.1 Å². The predicted octanol–water partition coefficient (Wildman–Crippen LogP) is 3.40. The highest BCUT2D eigenvalue weighted by Gasteiger charge is 2.13. The van der Waals surface area contributed by atoms with Crippen molar-refractivity contribution in [2.45, 2.75) is 6.42 Å². The zero-order chi connectivity index (χ0) is 19.8. The Balaban J connectivity index is 1.64. The van der Waals surface area contributed by atoms with Crippen molar-refractivity contribution in [3.8, 4) is 11.5 Å². The van der Waals surface area contributed by atoms with Crippen molar-refractivity contribution in [2.24, 2.45) is 0 Å². The van der Waals surface area contributed by atoms with Gasteiger partial charge in [-0.2, -0.15) is 0 Å². The van der Waals surface area contributed by atoms with Gasteiger partial charge >= 0.3 is 0 Å². The van der Waals surface area contributed by atoms with Crippen LogP contribution >= 0.6 is 0 Å². The van der Waals surface area contributed by atoms with Gasteiger partial charge in [-0.1, -0.05) is 30.3 Å². The minimum absolute atomic E-state index is 0.259. The third-order valence-corrected chi connectivity index (χ3v) is 4.12. The summed E-state index contributed by atoms with van der Waals surface area (Å²) in [6.07, 6.45) is 2.22. The molecule has 2 aromatic carbocycles. The van der Waals surface area contributed by atoms with Crippen LogP contribution in [0.1, 0.15) is 16.1 Å². The van der Waals surface area contributed by atoms with Crippen LogP contribution in [0.25, 0.3) is 0 Å². The second-order valence-electron chi connectivity index (χ2n) is 5.97. The largest absolute Gasteiger partial charge is 0.497 e. The molecule has 0 aliphatic carbocycles. The Morgan fingerprint density at radius 1 is 1.00 bits per heavy atom. The molecule has 7 heteroatoms. The summed E-state index contributed by atoms with van der Waals surface area (Å²) in [5.74, 6) is 1.39. The Hall–Kier alpha value is -3.61. The van der Waals surface area contributed by atoms with E-state index in [1.54, 1.807) is 31.4 Å². The topological polar surface area (TPSA) is 85.4 Å². The maximum absolute atomic E-state index is 12.6. The van der Waals surface area contributed by atoms with Crippen molar-refractivity contribution in [1.29, 1.82) is 0 Å². The van der Waals surface area contributed by atoms with E-state index in [4.69, 9.17) is 9.47 Å². The Labute approximate surface area is 163 Å². The van der Waals surface area contributed by atoms with Gasteiger partial charge in [-0.15, -0.1) is 0 Å². The van der Waals surface area contributed by atoms with E-state index in [0.717, 1.165) is 6.42 Å². The zero-order valence-electron chi connectivity index (χ0n) is 15.8. The van der Waals surface area contributed by atoms with Crippen LogP contribution in [-0.4, -0.2) is 36.6 Å². The summed E-state index contributed by atoms with van der Waals surface area (Å²) in [6, 6.07) is 16.9. The van der Waals surface area contributed by atoms with Gasteiger partial charge in [-0.25, -0.2) is 9.97 Å². The van der Waals surface area contributed by atoms with Crippen LogP contribution in [0.3, 0.4) is 0 Å². The van der Waals surface area contributed by atoms with Crippen LogP contribution in [0.5, 0.6) is 11.5 Å².